The van der Waals surface area contributed by atoms with E-state index in [2.05, 4.69) is 66.5 Å². The lowest BCUT2D eigenvalue weighted by Crippen LogP contribution is -2.27. The second-order valence-corrected chi connectivity index (χ2v) is 5.56. The molecule has 21 heavy (non-hydrogen) atoms. The van der Waals surface area contributed by atoms with Crippen LogP contribution in [0.1, 0.15) is 25.8 Å². The Morgan fingerprint density at radius 2 is 1.67 bits per heavy atom. The minimum Gasteiger partial charge on any atom is -0.316 e. The van der Waals surface area contributed by atoms with Crippen molar-refractivity contribution in [1.29, 1.82) is 0 Å². The molecule has 0 atom stereocenters. The number of hydrogen-bond donors (Lipinski definition) is 1. The predicted molar refractivity (Wildman–Crippen MR) is 92.9 cm³/mol. The van der Waals surface area contributed by atoms with E-state index in [9.17, 15) is 0 Å². The van der Waals surface area contributed by atoms with Crippen LogP contribution in [0.4, 0.5) is 0 Å². The fourth-order valence-electron chi connectivity index (χ4n) is 2.72. The molecule has 0 aromatic heterocycles. The summed E-state index contributed by atoms with van der Waals surface area (Å²) < 4.78 is 0. The van der Waals surface area contributed by atoms with Crippen LogP contribution in [0.15, 0.2) is 42.5 Å². The monoisotopic (exact) mass is 284 g/mol. The van der Waals surface area contributed by atoms with Gasteiger partial charge >= 0.3 is 0 Å². The van der Waals surface area contributed by atoms with Crippen molar-refractivity contribution in [3.8, 4) is 0 Å². The van der Waals surface area contributed by atoms with Crippen molar-refractivity contribution in [3.05, 3.63) is 48.0 Å². The average molecular weight is 284 g/mol. The third-order valence-electron chi connectivity index (χ3n) is 4.13. The van der Waals surface area contributed by atoms with Gasteiger partial charge in [0.15, 0.2) is 0 Å². The molecule has 1 N–H and O–H groups in total. The molecule has 2 rings (SSSR count). The summed E-state index contributed by atoms with van der Waals surface area (Å²) in [6.07, 6.45) is 2.34. The van der Waals surface area contributed by atoms with Crippen molar-refractivity contribution in [2.24, 2.45) is 0 Å². The zero-order valence-electron chi connectivity index (χ0n) is 13.4. The minimum absolute atomic E-state index is 1.07. The van der Waals surface area contributed by atoms with Crippen LogP contribution >= 0.6 is 0 Å². The van der Waals surface area contributed by atoms with Gasteiger partial charge in [-0.15, -0.1) is 0 Å². The maximum atomic E-state index is 3.56. The van der Waals surface area contributed by atoms with Gasteiger partial charge in [0.1, 0.15) is 0 Å². The van der Waals surface area contributed by atoms with Crippen molar-refractivity contribution < 1.29 is 0 Å². The van der Waals surface area contributed by atoms with E-state index in [-0.39, 0.29) is 0 Å². The molecule has 0 fully saturated rings. The molecule has 0 aliphatic carbocycles. The molecule has 114 valence electrons. The largest absolute Gasteiger partial charge is 0.316 e. The molecule has 2 aromatic rings. The van der Waals surface area contributed by atoms with Gasteiger partial charge in [-0.3, -0.25) is 0 Å². The predicted octanol–water partition coefficient (Wildman–Crippen LogP) is 3.70. The highest BCUT2D eigenvalue weighted by Gasteiger charge is 1.99. The van der Waals surface area contributed by atoms with Crippen LogP contribution in [0.5, 0.6) is 0 Å². The molecule has 2 heteroatoms. The molecule has 0 heterocycles. The molecule has 0 saturated heterocycles. The summed E-state index contributed by atoms with van der Waals surface area (Å²) >= 11 is 0. The summed E-state index contributed by atoms with van der Waals surface area (Å²) in [7, 11) is 0. The van der Waals surface area contributed by atoms with Gasteiger partial charge in [-0.25, -0.2) is 0 Å². The Bertz CT molecular complexity index is 532. The average Bonchev–Trinajstić information content (AvgIpc) is 2.54. The summed E-state index contributed by atoms with van der Waals surface area (Å²) in [6, 6.07) is 15.4. The Morgan fingerprint density at radius 1 is 0.905 bits per heavy atom. The molecule has 2 nitrogen and oxygen atoms in total. The Labute approximate surface area is 129 Å². The van der Waals surface area contributed by atoms with Crippen molar-refractivity contribution in [2.75, 3.05) is 32.7 Å². The molecule has 0 radical (unpaired) electrons. The van der Waals surface area contributed by atoms with Crippen LogP contribution in [0.25, 0.3) is 10.8 Å². The summed E-state index contributed by atoms with van der Waals surface area (Å²) in [5.41, 5.74) is 1.42. The summed E-state index contributed by atoms with van der Waals surface area (Å²) in [5.74, 6) is 0. The van der Waals surface area contributed by atoms with E-state index < -0.39 is 0 Å². The van der Waals surface area contributed by atoms with E-state index in [1.54, 1.807) is 0 Å². The Kier molecular flexibility index (Phi) is 6.71. The van der Waals surface area contributed by atoms with E-state index in [1.807, 2.05) is 0 Å². The lowest BCUT2D eigenvalue weighted by atomic mass is 10.1. The van der Waals surface area contributed by atoms with Gasteiger partial charge < -0.3 is 10.2 Å². The second kappa shape index (κ2) is 8.81. The number of fused-ring (bicyclic) bond motifs is 1. The molecule has 2 aromatic carbocycles. The van der Waals surface area contributed by atoms with Crippen LogP contribution in [-0.2, 0) is 6.42 Å². The van der Waals surface area contributed by atoms with Gasteiger partial charge in [-0.1, -0.05) is 56.3 Å². The van der Waals surface area contributed by atoms with E-state index in [4.69, 9.17) is 0 Å². The zero-order chi connectivity index (χ0) is 14.9. The summed E-state index contributed by atoms with van der Waals surface area (Å²) in [4.78, 5) is 2.48. The molecule has 0 unspecified atom stereocenters. The Balaban J connectivity index is 1.68. The van der Waals surface area contributed by atoms with Gasteiger partial charge in [0.05, 0.1) is 0 Å². The van der Waals surface area contributed by atoms with E-state index >= 15 is 0 Å². The van der Waals surface area contributed by atoms with Crippen molar-refractivity contribution >= 4 is 10.8 Å². The standard InChI is InChI=1S/C19H28N2/c1-3-21(4-2)15-7-13-20-14-12-17-10-11-18-8-5-6-9-19(18)16-17/h5-6,8-11,16,20H,3-4,7,12-15H2,1-2H3. The lowest BCUT2D eigenvalue weighted by Gasteiger charge is -2.17. The molecule has 0 aliphatic rings. The van der Waals surface area contributed by atoms with Gasteiger partial charge in [0.2, 0.25) is 0 Å². The first-order chi connectivity index (χ1) is 10.3. The molecule has 0 spiro atoms. The quantitative estimate of drug-likeness (QED) is 0.706. The van der Waals surface area contributed by atoms with Crippen LogP contribution in [0.2, 0.25) is 0 Å². The van der Waals surface area contributed by atoms with Crippen molar-refractivity contribution in [1.82, 2.24) is 10.2 Å². The molecule has 0 amide bonds. The third-order valence-corrected chi connectivity index (χ3v) is 4.13. The first-order valence-electron chi connectivity index (χ1n) is 8.24. The Morgan fingerprint density at radius 3 is 2.43 bits per heavy atom. The summed E-state index contributed by atoms with van der Waals surface area (Å²) in [6.45, 7) is 10.2. The van der Waals surface area contributed by atoms with Gasteiger partial charge in [0.25, 0.3) is 0 Å². The SMILES string of the molecule is CCN(CC)CCCNCCc1ccc2ccccc2c1. The van der Waals surface area contributed by atoms with Crippen LogP contribution in [0.3, 0.4) is 0 Å². The number of hydrogen-bond acceptors (Lipinski definition) is 2. The lowest BCUT2D eigenvalue weighted by molar-refractivity contribution is 0.298. The fraction of sp³-hybridized carbons (Fsp3) is 0.474. The molecular weight excluding hydrogens is 256 g/mol. The van der Waals surface area contributed by atoms with Crippen LogP contribution in [-0.4, -0.2) is 37.6 Å². The Hall–Kier alpha value is -1.38. The minimum atomic E-state index is 1.07. The van der Waals surface area contributed by atoms with Crippen molar-refractivity contribution in [2.45, 2.75) is 26.7 Å². The third kappa shape index (κ3) is 5.14. The number of benzene rings is 2. The highest BCUT2D eigenvalue weighted by atomic mass is 15.1. The van der Waals surface area contributed by atoms with E-state index in [0.717, 1.165) is 32.6 Å². The number of nitrogens with one attached hydrogen (secondary N) is 1. The number of nitrogens with zero attached hydrogens (tertiary/aromatic N) is 1. The number of rotatable bonds is 9. The highest BCUT2D eigenvalue weighted by Crippen LogP contribution is 2.15. The van der Waals surface area contributed by atoms with E-state index in [0.29, 0.717) is 0 Å². The van der Waals surface area contributed by atoms with Gasteiger partial charge in [-0.05, 0) is 61.9 Å². The molecule has 0 bridgehead atoms. The summed E-state index contributed by atoms with van der Waals surface area (Å²) in [5, 5.41) is 6.23. The van der Waals surface area contributed by atoms with Gasteiger partial charge in [0, 0.05) is 0 Å². The highest BCUT2D eigenvalue weighted by molar-refractivity contribution is 5.82. The van der Waals surface area contributed by atoms with Crippen molar-refractivity contribution in [3.63, 3.8) is 0 Å². The smallest absolute Gasteiger partial charge is 0.000687 e. The normalized spacial score (nSPS) is 11.4. The second-order valence-electron chi connectivity index (χ2n) is 5.56. The van der Waals surface area contributed by atoms with E-state index in [1.165, 1.54) is 29.3 Å². The molecule has 0 saturated carbocycles. The fourth-order valence-corrected chi connectivity index (χ4v) is 2.72. The van der Waals surface area contributed by atoms with Crippen LogP contribution < -0.4 is 5.32 Å². The molecular formula is C19H28N2. The topological polar surface area (TPSA) is 15.3 Å². The van der Waals surface area contributed by atoms with Crippen LogP contribution in [0, 0.1) is 0 Å². The first-order valence-corrected chi connectivity index (χ1v) is 8.24. The maximum Gasteiger partial charge on any atom is -0.000687 e. The van der Waals surface area contributed by atoms with Gasteiger partial charge in [-0.2, -0.15) is 0 Å². The maximum absolute atomic E-state index is 3.56. The molecule has 0 aliphatic heterocycles. The first kappa shape index (κ1) is 16.0. The zero-order valence-corrected chi connectivity index (χ0v) is 13.4.